The van der Waals surface area contributed by atoms with Gasteiger partial charge in [-0.25, -0.2) is 14.7 Å². The van der Waals surface area contributed by atoms with Gasteiger partial charge in [-0.05, 0) is 20.9 Å². The summed E-state index contributed by atoms with van der Waals surface area (Å²) in [6.07, 6.45) is 1.30. The van der Waals surface area contributed by atoms with Crippen LogP contribution in [0.5, 0.6) is 17.2 Å². The molecule has 3 N–H and O–H groups in total. The molecule has 0 saturated heterocycles. The highest BCUT2D eigenvalue weighted by Gasteiger charge is 2.14. The maximum absolute atomic E-state index is 11.3. The molecule has 23 nitrogen and oxygen atoms in total. The first-order valence-electron chi connectivity index (χ1n) is 13.4. The van der Waals surface area contributed by atoms with E-state index in [9.17, 15) is 39.9 Å². The van der Waals surface area contributed by atoms with Crippen molar-refractivity contribution in [3.63, 3.8) is 0 Å². The smallest absolute Gasteiger partial charge is 0.365 e. The molecule has 0 bridgehead atoms. The Bertz CT molecular complexity index is 1940. The molecular formula is C26H30N12O11Si. The molecule has 0 aliphatic carbocycles. The number of nitrogens with two attached hydrogens (primary N) is 1. The molecule has 0 fully saturated rings. The third-order valence-corrected chi connectivity index (χ3v) is 5.93. The summed E-state index contributed by atoms with van der Waals surface area (Å²) in [7, 11) is 2.72. The van der Waals surface area contributed by atoms with Crippen molar-refractivity contribution >= 4 is 42.8 Å². The van der Waals surface area contributed by atoms with E-state index in [2.05, 4.69) is 30.2 Å². The molecule has 4 rings (SSSR count). The number of nitro groups is 3. The number of hydrogen-bond acceptors (Lipinski definition) is 16. The van der Waals surface area contributed by atoms with Gasteiger partial charge in [0.25, 0.3) is 17.1 Å². The Morgan fingerprint density at radius 2 is 1.32 bits per heavy atom. The molecule has 0 unspecified atom stereocenters. The zero-order valence-electron chi connectivity index (χ0n) is 27.2. The summed E-state index contributed by atoms with van der Waals surface area (Å²) >= 11 is 0. The molecule has 1 aromatic heterocycles. The molecule has 4 aromatic rings. The van der Waals surface area contributed by atoms with Crippen molar-refractivity contribution in [2.45, 2.75) is 19.6 Å². The van der Waals surface area contributed by atoms with Crippen LogP contribution in [0.15, 0.2) is 69.2 Å². The van der Waals surface area contributed by atoms with Gasteiger partial charge in [-0.1, -0.05) is 19.6 Å². The lowest BCUT2D eigenvalue weighted by Gasteiger charge is -2.03. The molecule has 0 aliphatic rings. The molecule has 24 heteroatoms. The first-order chi connectivity index (χ1) is 23.5. The molecule has 0 atom stereocenters. The summed E-state index contributed by atoms with van der Waals surface area (Å²) in [6.45, 7) is 5.98. The average molecular weight is 715 g/mol. The van der Waals surface area contributed by atoms with Crippen LogP contribution in [-0.2, 0) is 4.79 Å². The van der Waals surface area contributed by atoms with Crippen LogP contribution in [0.4, 0.5) is 28.4 Å². The van der Waals surface area contributed by atoms with Crippen molar-refractivity contribution in [2.75, 3.05) is 27.1 Å². The Kier molecular flexibility index (Phi) is 15.9. The largest absolute Gasteiger partial charge is 0.496 e. The number of aromatic amines is 1. The number of tetrazole rings is 1. The van der Waals surface area contributed by atoms with Gasteiger partial charge in [-0.3, -0.25) is 30.3 Å². The highest BCUT2D eigenvalue weighted by molar-refractivity contribution is 6.74. The second-order valence-corrected chi connectivity index (χ2v) is 14.5. The average Bonchev–Trinajstić information content (AvgIpc) is 3.50. The first kappa shape index (κ1) is 40.9. The van der Waals surface area contributed by atoms with Crippen molar-refractivity contribution in [3.8, 4) is 22.9 Å². The maximum Gasteiger partial charge on any atom is 0.365 e. The summed E-state index contributed by atoms with van der Waals surface area (Å²) in [5.41, 5.74) is 12.9. The second-order valence-electron chi connectivity index (χ2n) is 10.00. The monoisotopic (exact) mass is 714 g/mol. The number of carbonyl (C=O) groups excluding carboxylic acids is 1. The van der Waals surface area contributed by atoms with E-state index in [-0.39, 0.29) is 39.9 Å². The Hall–Kier alpha value is -7.16. The summed E-state index contributed by atoms with van der Waals surface area (Å²) in [5.74, 6) is 0.916. The minimum Gasteiger partial charge on any atom is -0.496 e. The van der Waals surface area contributed by atoms with Gasteiger partial charge in [0.05, 0.1) is 65.7 Å². The summed E-state index contributed by atoms with van der Waals surface area (Å²) < 4.78 is 19.0. The first-order valence-corrected chi connectivity index (χ1v) is 16.8. The second kappa shape index (κ2) is 19.5. The molecule has 0 spiro atoms. The van der Waals surface area contributed by atoms with Crippen molar-refractivity contribution < 1.29 is 33.8 Å². The number of isocyanates is 1. The van der Waals surface area contributed by atoms with Gasteiger partial charge in [0.2, 0.25) is 6.08 Å². The van der Waals surface area contributed by atoms with Crippen LogP contribution in [-0.4, -0.2) is 70.6 Å². The lowest BCUT2D eigenvalue weighted by Crippen LogP contribution is -2.16. The molecule has 264 valence electrons. The fraction of sp³-hybridized carbons (Fsp3) is 0.231. The number of anilines is 1. The Balaban J connectivity index is 0.000000347. The maximum atomic E-state index is 11.3. The number of methoxy groups -OCH3 is 3. The number of aliphatic imine (C=N–C) groups is 1. The number of hydrogen-bond donors (Lipinski definition) is 2. The van der Waals surface area contributed by atoms with Crippen LogP contribution in [0.2, 0.25) is 19.6 Å². The number of nitrogens with zero attached hydrogens (tertiary/aromatic N) is 10. The predicted molar refractivity (Wildman–Crippen MR) is 179 cm³/mol. The Morgan fingerprint density at radius 3 is 1.72 bits per heavy atom. The van der Waals surface area contributed by atoms with Gasteiger partial charge >= 0.3 is 5.69 Å². The number of rotatable bonds is 9. The van der Waals surface area contributed by atoms with Crippen LogP contribution in [0.1, 0.15) is 0 Å². The van der Waals surface area contributed by atoms with Crippen molar-refractivity contribution in [3.05, 3.63) is 106 Å². The van der Waals surface area contributed by atoms with E-state index in [0.29, 0.717) is 11.4 Å². The van der Waals surface area contributed by atoms with E-state index in [4.69, 9.17) is 25.5 Å². The molecule has 0 radical (unpaired) electrons. The minimum absolute atomic E-state index is 0.0631. The van der Waals surface area contributed by atoms with Crippen LogP contribution in [0, 0.1) is 30.3 Å². The lowest BCUT2D eigenvalue weighted by atomic mass is 10.2. The molecule has 0 saturated carbocycles. The fourth-order valence-corrected chi connectivity index (χ4v) is 3.42. The zero-order chi connectivity index (χ0) is 38.0. The van der Waals surface area contributed by atoms with Gasteiger partial charge in [0, 0.05) is 42.1 Å². The molecule has 0 amide bonds. The SMILES string of the molecule is COc1cc(-n2nn[nH]c2=O)cc([N+](=O)[O-])c1.COc1cc(N)cc([N+](=O)[O-])c1.COc1cc(N=C=O)cc([N+](=O)[O-])c1.C[Si](C)(C)N=[N+]=[N-]. The predicted octanol–water partition coefficient (Wildman–Crippen LogP) is 4.76. The zero-order valence-corrected chi connectivity index (χ0v) is 28.2. The number of nitro benzene ring substituents is 3. The fourth-order valence-electron chi connectivity index (χ4n) is 3.15. The molecule has 50 heavy (non-hydrogen) atoms. The van der Waals surface area contributed by atoms with E-state index >= 15 is 0 Å². The number of H-pyrrole nitrogens is 1. The number of aromatic nitrogens is 4. The topological polar surface area (TPSA) is 325 Å². The highest BCUT2D eigenvalue weighted by Crippen LogP contribution is 2.27. The van der Waals surface area contributed by atoms with Crippen molar-refractivity contribution in [1.29, 1.82) is 0 Å². The van der Waals surface area contributed by atoms with Gasteiger partial charge in [0.1, 0.15) is 25.5 Å². The summed E-state index contributed by atoms with van der Waals surface area (Å²) in [6, 6.07) is 11.8. The molecule has 0 aliphatic heterocycles. The number of azide groups is 1. The number of ether oxygens (including phenoxy) is 3. The van der Waals surface area contributed by atoms with Crippen LogP contribution < -0.4 is 25.6 Å². The van der Waals surface area contributed by atoms with E-state index < -0.39 is 28.7 Å². The minimum atomic E-state index is -1.45. The van der Waals surface area contributed by atoms with Gasteiger partial charge in [-0.2, -0.15) is 9.67 Å². The number of non-ortho nitro benzene ring substituents is 3. The standard InChI is InChI=1S/C8H7N5O4.C8H6N2O4.C7H8N2O3.C3H9N3Si/c1-17-7-3-5(2-6(4-7)13(15)16)12-8(14)9-10-11-12;1-14-8-3-6(9-5-11)2-7(4-8)10(12)13;1-12-7-3-5(8)2-6(4-7)9(10)11;1-7(2,3)6-5-4/h2-4H,1H3,(H,9,11,14);2-4H,1H3;2-4H,8H2,1H3;1-3H3. The normalized spacial score (nSPS) is 9.64. The van der Waals surface area contributed by atoms with Crippen LogP contribution >= 0.6 is 0 Å². The summed E-state index contributed by atoms with van der Waals surface area (Å²) in [4.78, 5) is 56.9. The molecular weight excluding hydrogens is 684 g/mol. The van der Waals surface area contributed by atoms with Gasteiger partial charge in [0.15, 0.2) is 0 Å². The Labute approximate surface area is 282 Å². The third kappa shape index (κ3) is 14.1. The van der Waals surface area contributed by atoms with E-state index in [1.54, 1.807) is 0 Å². The van der Waals surface area contributed by atoms with Crippen LogP contribution in [0.25, 0.3) is 16.1 Å². The molecule has 1 heterocycles. The number of benzene rings is 3. The highest BCUT2D eigenvalue weighted by atomic mass is 28.3. The van der Waals surface area contributed by atoms with E-state index in [1.165, 1.54) is 75.9 Å². The quantitative estimate of drug-likeness (QED) is 0.0272. The lowest BCUT2D eigenvalue weighted by molar-refractivity contribution is -0.385. The molecule has 3 aromatic carbocycles. The van der Waals surface area contributed by atoms with Crippen LogP contribution in [0.3, 0.4) is 0 Å². The van der Waals surface area contributed by atoms with Crippen molar-refractivity contribution in [2.24, 2.45) is 9.77 Å². The summed E-state index contributed by atoms with van der Waals surface area (Å²) in [5, 5.41) is 40.3. The Morgan fingerprint density at radius 1 is 0.840 bits per heavy atom. The van der Waals surface area contributed by atoms with Crippen molar-refractivity contribution in [1.82, 2.24) is 20.2 Å². The third-order valence-electron chi connectivity index (χ3n) is 5.24. The van der Waals surface area contributed by atoms with E-state index in [0.717, 1.165) is 10.7 Å². The van der Waals surface area contributed by atoms with Gasteiger partial charge in [-0.15, -0.1) is 4.78 Å². The number of nitrogen functional groups attached to an aromatic ring is 1. The van der Waals surface area contributed by atoms with Gasteiger partial charge < -0.3 is 19.9 Å². The number of nitrogens with one attached hydrogen (secondary N) is 1. The van der Waals surface area contributed by atoms with E-state index in [1.807, 2.05) is 19.6 Å².